The van der Waals surface area contributed by atoms with Crippen LogP contribution in [0, 0.1) is 0 Å². The van der Waals surface area contributed by atoms with Crippen LogP contribution >= 0.6 is 11.8 Å². The standard InChI is InChI=1S/C12H23N5S/c1-9(2)13-8-10(3)18-12-14-15-16-17(12)11-6-4-5-7-11/h9-11,13H,4-8H2,1-3H3. The van der Waals surface area contributed by atoms with Crippen LogP contribution in [0.2, 0.25) is 0 Å². The number of nitrogens with zero attached hydrogens (tertiary/aromatic N) is 4. The van der Waals surface area contributed by atoms with Crippen molar-refractivity contribution in [3.05, 3.63) is 0 Å². The first-order valence-corrected chi connectivity index (χ1v) is 7.72. The van der Waals surface area contributed by atoms with E-state index in [9.17, 15) is 0 Å². The summed E-state index contributed by atoms with van der Waals surface area (Å²) in [4.78, 5) is 0. The molecular formula is C12H23N5S. The van der Waals surface area contributed by atoms with Crippen molar-refractivity contribution in [3.63, 3.8) is 0 Å². The third kappa shape index (κ3) is 3.68. The van der Waals surface area contributed by atoms with E-state index in [1.807, 2.05) is 4.68 Å². The predicted molar refractivity (Wildman–Crippen MR) is 73.8 cm³/mol. The van der Waals surface area contributed by atoms with Crippen LogP contribution in [0.15, 0.2) is 5.16 Å². The summed E-state index contributed by atoms with van der Waals surface area (Å²) in [7, 11) is 0. The Bertz CT molecular complexity index is 359. The average Bonchev–Trinajstić information content (AvgIpc) is 2.95. The molecule has 0 bridgehead atoms. The number of rotatable bonds is 6. The molecule has 0 spiro atoms. The summed E-state index contributed by atoms with van der Waals surface area (Å²) >= 11 is 1.77. The molecule has 1 saturated carbocycles. The van der Waals surface area contributed by atoms with E-state index in [0.29, 0.717) is 17.3 Å². The smallest absolute Gasteiger partial charge is 0.209 e. The molecule has 1 aliphatic carbocycles. The minimum Gasteiger partial charge on any atom is -0.313 e. The molecule has 0 amide bonds. The summed E-state index contributed by atoms with van der Waals surface area (Å²) in [6, 6.07) is 1.05. The van der Waals surface area contributed by atoms with Crippen LogP contribution in [0.25, 0.3) is 0 Å². The second-order valence-electron chi connectivity index (χ2n) is 5.34. The van der Waals surface area contributed by atoms with E-state index in [4.69, 9.17) is 0 Å². The highest BCUT2D eigenvalue weighted by Gasteiger charge is 2.22. The minimum absolute atomic E-state index is 0.485. The molecule has 1 aliphatic rings. The third-order valence-electron chi connectivity index (χ3n) is 3.25. The summed E-state index contributed by atoms with van der Waals surface area (Å²) in [6.07, 6.45) is 5.05. The molecule has 1 aromatic heterocycles. The number of hydrogen-bond acceptors (Lipinski definition) is 5. The Morgan fingerprint density at radius 1 is 1.33 bits per heavy atom. The Kier molecular flexibility index (Phi) is 5.00. The summed E-state index contributed by atoms with van der Waals surface area (Å²) in [5.41, 5.74) is 0. The van der Waals surface area contributed by atoms with Gasteiger partial charge >= 0.3 is 0 Å². The van der Waals surface area contributed by atoms with Crippen molar-refractivity contribution in [3.8, 4) is 0 Å². The molecule has 5 nitrogen and oxygen atoms in total. The lowest BCUT2D eigenvalue weighted by molar-refractivity contribution is 0.422. The van der Waals surface area contributed by atoms with E-state index in [1.165, 1.54) is 25.7 Å². The first kappa shape index (κ1) is 13.8. The van der Waals surface area contributed by atoms with Crippen LogP contribution < -0.4 is 5.32 Å². The Morgan fingerprint density at radius 3 is 2.72 bits per heavy atom. The SMILES string of the molecule is CC(C)NCC(C)Sc1nnnn1C1CCCC1. The first-order valence-electron chi connectivity index (χ1n) is 6.84. The lowest BCUT2D eigenvalue weighted by Crippen LogP contribution is -2.29. The lowest BCUT2D eigenvalue weighted by Gasteiger charge is -2.15. The number of hydrogen-bond donors (Lipinski definition) is 1. The van der Waals surface area contributed by atoms with E-state index >= 15 is 0 Å². The molecule has 1 atom stereocenters. The predicted octanol–water partition coefficient (Wildman–Crippen LogP) is 2.27. The summed E-state index contributed by atoms with van der Waals surface area (Å²) in [5, 5.41) is 17.1. The minimum atomic E-state index is 0.485. The molecule has 1 heterocycles. The molecule has 1 unspecified atom stereocenters. The monoisotopic (exact) mass is 269 g/mol. The van der Waals surface area contributed by atoms with E-state index < -0.39 is 0 Å². The zero-order chi connectivity index (χ0) is 13.0. The summed E-state index contributed by atoms with van der Waals surface area (Å²) in [5.74, 6) is 0. The zero-order valence-corrected chi connectivity index (χ0v) is 12.3. The quantitative estimate of drug-likeness (QED) is 0.803. The van der Waals surface area contributed by atoms with Gasteiger partial charge in [-0.15, -0.1) is 5.10 Å². The van der Waals surface area contributed by atoms with Crippen molar-refractivity contribution in [2.24, 2.45) is 0 Å². The summed E-state index contributed by atoms with van der Waals surface area (Å²) < 4.78 is 2.03. The Balaban J connectivity index is 1.90. The fourth-order valence-electron chi connectivity index (χ4n) is 2.26. The molecule has 0 aromatic carbocycles. The van der Waals surface area contributed by atoms with Gasteiger partial charge in [-0.05, 0) is 23.3 Å². The maximum atomic E-state index is 4.16. The van der Waals surface area contributed by atoms with Crippen LogP contribution in [0.5, 0.6) is 0 Å². The molecule has 1 N–H and O–H groups in total. The summed E-state index contributed by atoms with van der Waals surface area (Å²) in [6.45, 7) is 7.54. The van der Waals surface area contributed by atoms with Gasteiger partial charge in [0.05, 0.1) is 6.04 Å². The topological polar surface area (TPSA) is 55.6 Å². The molecule has 1 fully saturated rings. The first-order chi connectivity index (χ1) is 8.66. The van der Waals surface area contributed by atoms with Crippen molar-refractivity contribution >= 4 is 11.8 Å². The van der Waals surface area contributed by atoms with E-state index in [0.717, 1.165) is 11.7 Å². The van der Waals surface area contributed by atoms with Crippen LogP contribution in [-0.4, -0.2) is 38.0 Å². The highest BCUT2D eigenvalue weighted by atomic mass is 32.2. The zero-order valence-electron chi connectivity index (χ0n) is 11.5. The van der Waals surface area contributed by atoms with Crippen LogP contribution in [0.1, 0.15) is 52.5 Å². The van der Waals surface area contributed by atoms with Gasteiger partial charge in [0.2, 0.25) is 5.16 Å². The Labute approximate surface area is 113 Å². The molecule has 0 radical (unpaired) electrons. The number of nitrogens with one attached hydrogen (secondary N) is 1. The molecule has 6 heteroatoms. The largest absolute Gasteiger partial charge is 0.313 e. The second-order valence-corrected chi connectivity index (χ2v) is 6.74. The van der Waals surface area contributed by atoms with Crippen molar-refractivity contribution in [2.75, 3.05) is 6.54 Å². The van der Waals surface area contributed by atoms with Crippen LogP contribution in [0.3, 0.4) is 0 Å². The van der Waals surface area contributed by atoms with Gasteiger partial charge < -0.3 is 5.32 Å². The molecule has 1 aromatic rings. The highest BCUT2D eigenvalue weighted by molar-refractivity contribution is 7.99. The van der Waals surface area contributed by atoms with Gasteiger partial charge in [-0.2, -0.15) is 0 Å². The van der Waals surface area contributed by atoms with Gasteiger partial charge in [-0.3, -0.25) is 0 Å². The molecular weight excluding hydrogens is 246 g/mol. The molecule has 0 saturated heterocycles. The third-order valence-corrected chi connectivity index (χ3v) is 4.30. The second kappa shape index (κ2) is 6.52. The lowest BCUT2D eigenvalue weighted by atomic mass is 10.3. The van der Waals surface area contributed by atoms with Gasteiger partial charge in [0.1, 0.15) is 0 Å². The van der Waals surface area contributed by atoms with Crippen molar-refractivity contribution < 1.29 is 0 Å². The molecule has 2 rings (SSSR count). The van der Waals surface area contributed by atoms with Crippen molar-refractivity contribution in [2.45, 2.75) is 68.9 Å². The van der Waals surface area contributed by atoms with Crippen LogP contribution in [0.4, 0.5) is 0 Å². The van der Waals surface area contributed by atoms with Gasteiger partial charge in [-0.25, -0.2) is 4.68 Å². The number of thioether (sulfide) groups is 1. The Hall–Kier alpha value is -0.620. The van der Waals surface area contributed by atoms with Gasteiger partial charge in [0, 0.05) is 17.8 Å². The normalized spacial score (nSPS) is 18.7. The van der Waals surface area contributed by atoms with E-state index in [1.54, 1.807) is 11.8 Å². The van der Waals surface area contributed by atoms with E-state index in [-0.39, 0.29) is 0 Å². The molecule has 18 heavy (non-hydrogen) atoms. The number of aromatic nitrogens is 4. The van der Waals surface area contributed by atoms with Crippen molar-refractivity contribution in [1.82, 2.24) is 25.5 Å². The number of tetrazole rings is 1. The molecule has 0 aliphatic heterocycles. The van der Waals surface area contributed by atoms with Crippen molar-refractivity contribution in [1.29, 1.82) is 0 Å². The fourth-order valence-corrected chi connectivity index (χ4v) is 3.18. The maximum Gasteiger partial charge on any atom is 0.209 e. The van der Waals surface area contributed by atoms with Crippen LogP contribution in [-0.2, 0) is 0 Å². The average molecular weight is 269 g/mol. The van der Waals surface area contributed by atoms with Gasteiger partial charge in [0.25, 0.3) is 0 Å². The van der Waals surface area contributed by atoms with Gasteiger partial charge in [0.15, 0.2) is 0 Å². The molecule has 102 valence electrons. The maximum absolute atomic E-state index is 4.16. The fraction of sp³-hybridized carbons (Fsp3) is 0.917. The Morgan fingerprint density at radius 2 is 2.06 bits per heavy atom. The van der Waals surface area contributed by atoms with Gasteiger partial charge in [-0.1, -0.05) is 45.4 Å². The van der Waals surface area contributed by atoms with E-state index in [2.05, 4.69) is 41.6 Å². The highest BCUT2D eigenvalue weighted by Crippen LogP contribution is 2.32.